The summed E-state index contributed by atoms with van der Waals surface area (Å²) >= 11 is 3.41. The maximum atomic E-state index is 12.8. The first-order chi connectivity index (χ1) is 9.46. The fourth-order valence-corrected chi connectivity index (χ4v) is 5.41. The van der Waals surface area contributed by atoms with Crippen molar-refractivity contribution < 1.29 is 8.42 Å². The highest BCUT2D eigenvalue weighted by atomic mass is 79.9. The zero-order chi connectivity index (χ0) is 14.8. The van der Waals surface area contributed by atoms with Gasteiger partial charge in [0.25, 0.3) is 0 Å². The number of halogens is 1. The molecule has 1 heterocycles. The molecule has 1 saturated heterocycles. The molecular weight excluding hydrogens is 340 g/mol. The van der Waals surface area contributed by atoms with Crippen molar-refractivity contribution in [1.82, 2.24) is 9.62 Å². The molecule has 0 aromatic heterocycles. The van der Waals surface area contributed by atoms with Crippen LogP contribution < -0.4 is 5.32 Å². The fourth-order valence-electron chi connectivity index (χ4n) is 2.62. The standard InChI is InChI=1S/C14H21BrN2O2S/c1-11-5-3-4-8-17(11)20(18,19)14-7-6-12(10-16-2)9-13(14)15/h6-7,9,11,16H,3-5,8,10H2,1-2H3. The first kappa shape index (κ1) is 15.9. The summed E-state index contributed by atoms with van der Waals surface area (Å²) in [4.78, 5) is 0.367. The van der Waals surface area contributed by atoms with E-state index in [-0.39, 0.29) is 6.04 Å². The van der Waals surface area contributed by atoms with Crippen molar-refractivity contribution in [3.8, 4) is 0 Å². The van der Waals surface area contributed by atoms with Crippen molar-refractivity contribution in [2.45, 2.75) is 43.7 Å². The Morgan fingerprint density at radius 1 is 1.40 bits per heavy atom. The lowest BCUT2D eigenvalue weighted by Crippen LogP contribution is -2.42. The van der Waals surface area contributed by atoms with Crippen molar-refractivity contribution in [2.75, 3.05) is 13.6 Å². The Hall–Kier alpha value is -0.430. The second kappa shape index (κ2) is 6.56. The van der Waals surface area contributed by atoms with E-state index in [2.05, 4.69) is 21.2 Å². The summed E-state index contributed by atoms with van der Waals surface area (Å²) in [5.74, 6) is 0. The zero-order valence-electron chi connectivity index (χ0n) is 11.9. The average Bonchev–Trinajstić information content (AvgIpc) is 2.39. The Bertz CT molecular complexity index is 575. The third-order valence-electron chi connectivity index (χ3n) is 3.71. The summed E-state index contributed by atoms with van der Waals surface area (Å²) in [6, 6.07) is 5.52. The molecule has 0 radical (unpaired) electrons. The Labute approximate surface area is 129 Å². The lowest BCUT2D eigenvalue weighted by molar-refractivity contribution is 0.268. The van der Waals surface area contributed by atoms with Crippen LogP contribution in [0.4, 0.5) is 0 Å². The molecule has 0 amide bonds. The minimum Gasteiger partial charge on any atom is -0.316 e. The van der Waals surface area contributed by atoms with Crippen LogP contribution in [0.5, 0.6) is 0 Å². The van der Waals surface area contributed by atoms with Gasteiger partial charge in [-0.1, -0.05) is 12.5 Å². The van der Waals surface area contributed by atoms with Crippen molar-refractivity contribution in [1.29, 1.82) is 0 Å². The molecule has 0 bridgehead atoms. The van der Waals surface area contributed by atoms with Gasteiger partial charge in [-0.05, 0) is 60.4 Å². The average molecular weight is 361 g/mol. The molecule has 0 aliphatic carbocycles. The Morgan fingerprint density at radius 2 is 2.15 bits per heavy atom. The van der Waals surface area contributed by atoms with E-state index < -0.39 is 10.0 Å². The van der Waals surface area contributed by atoms with Crippen LogP contribution in [0, 0.1) is 0 Å². The van der Waals surface area contributed by atoms with Gasteiger partial charge in [-0.15, -0.1) is 0 Å². The number of hydrogen-bond acceptors (Lipinski definition) is 3. The second-order valence-corrected chi connectivity index (χ2v) is 7.97. The van der Waals surface area contributed by atoms with Gasteiger partial charge in [0.1, 0.15) is 0 Å². The maximum Gasteiger partial charge on any atom is 0.244 e. The maximum absolute atomic E-state index is 12.8. The van der Waals surface area contributed by atoms with Crippen LogP contribution in [-0.4, -0.2) is 32.4 Å². The topological polar surface area (TPSA) is 49.4 Å². The van der Waals surface area contributed by atoms with Crippen LogP contribution in [-0.2, 0) is 16.6 Å². The predicted octanol–water partition coefficient (Wildman–Crippen LogP) is 2.73. The monoisotopic (exact) mass is 360 g/mol. The van der Waals surface area contributed by atoms with E-state index in [4.69, 9.17) is 0 Å². The third-order valence-corrected chi connectivity index (χ3v) is 6.70. The highest BCUT2D eigenvalue weighted by molar-refractivity contribution is 9.10. The first-order valence-electron chi connectivity index (χ1n) is 6.91. The van der Waals surface area contributed by atoms with Gasteiger partial charge in [0.2, 0.25) is 10.0 Å². The molecule has 0 spiro atoms. The second-order valence-electron chi connectivity index (χ2n) is 5.26. The van der Waals surface area contributed by atoms with E-state index in [0.29, 0.717) is 15.9 Å². The van der Waals surface area contributed by atoms with E-state index in [9.17, 15) is 8.42 Å². The highest BCUT2D eigenvalue weighted by Crippen LogP contribution is 2.30. The smallest absolute Gasteiger partial charge is 0.244 e. The van der Waals surface area contributed by atoms with Crippen LogP contribution >= 0.6 is 15.9 Å². The van der Waals surface area contributed by atoms with E-state index in [1.807, 2.05) is 26.1 Å². The molecule has 1 fully saturated rings. The number of rotatable bonds is 4. The first-order valence-corrected chi connectivity index (χ1v) is 9.15. The summed E-state index contributed by atoms with van der Waals surface area (Å²) in [5.41, 5.74) is 1.06. The molecule has 1 aromatic carbocycles. The highest BCUT2D eigenvalue weighted by Gasteiger charge is 2.32. The van der Waals surface area contributed by atoms with Gasteiger partial charge in [-0.3, -0.25) is 0 Å². The number of piperidine rings is 1. The minimum atomic E-state index is -3.41. The molecule has 1 aromatic rings. The molecule has 0 saturated carbocycles. The molecule has 6 heteroatoms. The largest absolute Gasteiger partial charge is 0.316 e. The summed E-state index contributed by atoms with van der Waals surface area (Å²) in [6.45, 7) is 3.33. The molecule has 1 unspecified atom stereocenters. The quantitative estimate of drug-likeness (QED) is 0.897. The minimum absolute atomic E-state index is 0.0811. The van der Waals surface area contributed by atoms with Crippen LogP contribution in [0.2, 0.25) is 0 Å². The zero-order valence-corrected chi connectivity index (χ0v) is 14.3. The van der Waals surface area contributed by atoms with Crippen molar-refractivity contribution in [3.63, 3.8) is 0 Å². The summed E-state index contributed by atoms with van der Waals surface area (Å²) in [7, 11) is -1.54. The molecular formula is C14H21BrN2O2S. The molecule has 1 atom stereocenters. The van der Waals surface area contributed by atoms with Crippen LogP contribution in [0.25, 0.3) is 0 Å². The van der Waals surface area contributed by atoms with Crippen molar-refractivity contribution >= 4 is 26.0 Å². The lowest BCUT2D eigenvalue weighted by Gasteiger charge is -2.32. The van der Waals surface area contributed by atoms with E-state index in [1.54, 1.807) is 10.4 Å². The summed E-state index contributed by atoms with van der Waals surface area (Å²) < 4.78 is 27.8. The fraction of sp³-hybridized carbons (Fsp3) is 0.571. The van der Waals surface area contributed by atoms with Crippen LogP contribution in [0.15, 0.2) is 27.6 Å². The number of nitrogens with one attached hydrogen (secondary N) is 1. The van der Waals surface area contributed by atoms with Gasteiger partial charge in [-0.2, -0.15) is 4.31 Å². The lowest BCUT2D eigenvalue weighted by atomic mass is 10.1. The summed E-state index contributed by atoms with van der Waals surface area (Å²) in [6.07, 6.45) is 2.99. The number of hydrogen-bond donors (Lipinski definition) is 1. The molecule has 2 rings (SSSR count). The number of nitrogens with zero attached hydrogens (tertiary/aromatic N) is 1. The molecule has 112 valence electrons. The van der Waals surface area contributed by atoms with Crippen LogP contribution in [0.1, 0.15) is 31.7 Å². The number of benzene rings is 1. The van der Waals surface area contributed by atoms with Gasteiger partial charge in [-0.25, -0.2) is 8.42 Å². The van der Waals surface area contributed by atoms with E-state index in [1.165, 1.54) is 0 Å². The molecule has 1 aliphatic rings. The molecule has 20 heavy (non-hydrogen) atoms. The Balaban J connectivity index is 2.34. The van der Waals surface area contributed by atoms with Crippen molar-refractivity contribution in [3.05, 3.63) is 28.2 Å². The predicted molar refractivity (Wildman–Crippen MR) is 84.1 cm³/mol. The van der Waals surface area contributed by atoms with Gasteiger partial charge in [0, 0.05) is 23.6 Å². The van der Waals surface area contributed by atoms with Crippen molar-refractivity contribution in [2.24, 2.45) is 0 Å². The molecule has 4 nitrogen and oxygen atoms in total. The Morgan fingerprint density at radius 3 is 2.75 bits per heavy atom. The summed E-state index contributed by atoms with van der Waals surface area (Å²) in [5, 5.41) is 3.06. The van der Waals surface area contributed by atoms with Gasteiger partial charge >= 0.3 is 0 Å². The SMILES string of the molecule is CNCc1ccc(S(=O)(=O)N2CCCCC2C)c(Br)c1. The van der Waals surface area contributed by atoms with E-state index >= 15 is 0 Å². The Kier molecular flexibility index (Phi) is 5.23. The van der Waals surface area contributed by atoms with Crippen LogP contribution in [0.3, 0.4) is 0 Å². The third kappa shape index (κ3) is 3.24. The van der Waals surface area contributed by atoms with Gasteiger partial charge in [0.15, 0.2) is 0 Å². The molecule has 1 aliphatic heterocycles. The molecule has 1 N–H and O–H groups in total. The van der Waals surface area contributed by atoms with E-state index in [0.717, 1.165) is 31.4 Å². The number of sulfonamides is 1. The normalized spacial score (nSPS) is 21.1. The van der Waals surface area contributed by atoms with Gasteiger partial charge in [0.05, 0.1) is 4.90 Å². The van der Waals surface area contributed by atoms with Gasteiger partial charge < -0.3 is 5.32 Å².